The fourth-order valence-electron chi connectivity index (χ4n) is 2.27. The molecule has 0 spiro atoms. The van der Waals surface area contributed by atoms with Crippen molar-refractivity contribution in [1.29, 1.82) is 0 Å². The van der Waals surface area contributed by atoms with Crippen LogP contribution in [-0.2, 0) is 16.6 Å². The van der Waals surface area contributed by atoms with Crippen molar-refractivity contribution in [2.24, 2.45) is 7.05 Å². The molecule has 1 aromatic rings. The van der Waals surface area contributed by atoms with E-state index in [0.717, 1.165) is 5.69 Å². The standard InChI is InChI=1S/C13H19N3O4/c1-8(2)10-6-9(14-15(10)3)12(17)16-4-5-20-11(7-16)13(18)19/h6,8,11H,4-5,7H2,1-3H3,(H,18,19). The van der Waals surface area contributed by atoms with Gasteiger partial charge in [-0.25, -0.2) is 4.79 Å². The summed E-state index contributed by atoms with van der Waals surface area (Å²) in [5.74, 6) is -1.03. The van der Waals surface area contributed by atoms with Gasteiger partial charge >= 0.3 is 5.97 Å². The van der Waals surface area contributed by atoms with Crippen molar-refractivity contribution in [1.82, 2.24) is 14.7 Å². The van der Waals surface area contributed by atoms with Crippen LogP contribution in [-0.4, -0.2) is 57.5 Å². The summed E-state index contributed by atoms with van der Waals surface area (Å²) >= 11 is 0. The number of aromatic nitrogens is 2. The molecule has 7 heteroatoms. The van der Waals surface area contributed by atoms with Gasteiger partial charge in [-0.3, -0.25) is 9.48 Å². The highest BCUT2D eigenvalue weighted by Crippen LogP contribution is 2.17. The van der Waals surface area contributed by atoms with Crippen molar-refractivity contribution in [2.45, 2.75) is 25.9 Å². The molecule has 1 amide bonds. The van der Waals surface area contributed by atoms with E-state index in [1.807, 2.05) is 13.8 Å². The lowest BCUT2D eigenvalue weighted by atomic mass is 10.1. The van der Waals surface area contributed by atoms with Gasteiger partial charge in [0.05, 0.1) is 13.2 Å². The number of amides is 1. The van der Waals surface area contributed by atoms with Crippen LogP contribution in [0.2, 0.25) is 0 Å². The van der Waals surface area contributed by atoms with Crippen LogP contribution in [0.3, 0.4) is 0 Å². The average Bonchev–Trinajstić information content (AvgIpc) is 2.80. The summed E-state index contributed by atoms with van der Waals surface area (Å²) in [4.78, 5) is 24.8. The van der Waals surface area contributed by atoms with Crippen molar-refractivity contribution >= 4 is 11.9 Å². The lowest BCUT2D eigenvalue weighted by Crippen LogP contribution is -2.48. The molecule has 0 saturated carbocycles. The number of morpholine rings is 1. The molecule has 1 aliphatic rings. The molecule has 0 aromatic carbocycles. The second-order valence-electron chi connectivity index (χ2n) is 5.18. The van der Waals surface area contributed by atoms with Gasteiger partial charge in [-0.2, -0.15) is 5.10 Å². The summed E-state index contributed by atoms with van der Waals surface area (Å²) < 4.78 is 6.79. The molecule has 1 aliphatic heterocycles. The fourth-order valence-corrected chi connectivity index (χ4v) is 2.27. The van der Waals surface area contributed by atoms with Crippen LogP contribution in [0, 0.1) is 0 Å². The largest absolute Gasteiger partial charge is 0.479 e. The van der Waals surface area contributed by atoms with Crippen LogP contribution < -0.4 is 0 Å². The van der Waals surface area contributed by atoms with Gasteiger partial charge in [0.1, 0.15) is 0 Å². The predicted octanol–water partition coefficient (Wildman–Crippen LogP) is 0.469. The Hall–Kier alpha value is -1.89. The third kappa shape index (κ3) is 2.82. The molecule has 0 radical (unpaired) electrons. The molecule has 0 bridgehead atoms. The SMILES string of the molecule is CC(C)c1cc(C(=O)N2CCOC(C(=O)O)C2)nn1C. The molecule has 110 valence electrons. The maximum absolute atomic E-state index is 12.4. The molecule has 1 fully saturated rings. The van der Waals surface area contributed by atoms with Gasteiger partial charge in [0.15, 0.2) is 11.8 Å². The average molecular weight is 281 g/mol. The molecule has 2 rings (SSSR count). The third-order valence-corrected chi connectivity index (χ3v) is 3.36. The van der Waals surface area contributed by atoms with E-state index >= 15 is 0 Å². The highest BCUT2D eigenvalue weighted by atomic mass is 16.5. The summed E-state index contributed by atoms with van der Waals surface area (Å²) in [6.07, 6.45) is -0.957. The molecule has 1 unspecified atom stereocenters. The predicted molar refractivity (Wildman–Crippen MR) is 70.6 cm³/mol. The van der Waals surface area contributed by atoms with Crippen LogP contribution in [0.4, 0.5) is 0 Å². The highest BCUT2D eigenvalue weighted by molar-refractivity contribution is 5.93. The van der Waals surface area contributed by atoms with E-state index in [0.29, 0.717) is 12.2 Å². The van der Waals surface area contributed by atoms with Crippen LogP contribution in [0.25, 0.3) is 0 Å². The molecule has 1 atom stereocenters. The monoisotopic (exact) mass is 281 g/mol. The molecule has 2 heterocycles. The first-order valence-corrected chi connectivity index (χ1v) is 6.57. The zero-order chi connectivity index (χ0) is 14.9. The summed E-state index contributed by atoms with van der Waals surface area (Å²) in [7, 11) is 1.80. The lowest BCUT2D eigenvalue weighted by molar-refractivity contribution is -0.154. The zero-order valence-corrected chi connectivity index (χ0v) is 11.9. The molecule has 7 nitrogen and oxygen atoms in total. The summed E-state index contributed by atoms with van der Waals surface area (Å²) in [5, 5.41) is 13.2. The van der Waals surface area contributed by atoms with Crippen molar-refractivity contribution < 1.29 is 19.4 Å². The molecule has 20 heavy (non-hydrogen) atoms. The maximum Gasteiger partial charge on any atom is 0.334 e. The summed E-state index contributed by atoms with van der Waals surface area (Å²) in [6.45, 7) is 4.73. The maximum atomic E-state index is 12.4. The van der Waals surface area contributed by atoms with E-state index in [1.165, 1.54) is 4.90 Å². The summed E-state index contributed by atoms with van der Waals surface area (Å²) in [6, 6.07) is 1.76. The van der Waals surface area contributed by atoms with Crippen molar-refractivity contribution in [3.05, 3.63) is 17.5 Å². The van der Waals surface area contributed by atoms with Gasteiger partial charge in [0.2, 0.25) is 0 Å². The van der Waals surface area contributed by atoms with Gasteiger partial charge < -0.3 is 14.7 Å². The molecule has 1 N–H and O–H groups in total. The molecule has 1 aromatic heterocycles. The number of carbonyl (C=O) groups is 2. The second kappa shape index (κ2) is 5.62. The normalized spacial score (nSPS) is 19.4. The molecular formula is C13H19N3O4. The number of aryl methyl sites for hydroxylation is 1. The Morgan fingerprint density at radius 3 is 2.75 bits per heavy atom. The number of carbonyl (C=O) groups excluding carboxylic acids is 1. The van der Waals surface area contributed by atoms with Crippen LogP contribution in [0.1, 0.15) is 35.9 Å². The molecule has 1 saturated heterocycles. The third-order valence-electron chi connectivity index (χ3n) is 3.36. The fraction of sp³-hybridized carbons (Fsp3) is 0.615. The number of carboxylic acid groups (broad SMARTS) is 1. The zero-order valence-electron chi connectivity index (χ0n) is 11.9. The first-order valence-electron chi connectivity index (χ1n) is 6.57. The van der Waals surface area contributed by atoms with E-state index in [1.54, 1.807) is 17.8 Å². The van der Waals surface area contributed by atoms with E-state index in [4.69, 9.17) is 9.84 Å². The smallest absolute Gasteiger partial charge is 0.334 e. The minimum absolute atomic E-state index is 0.0573. The number of hydrogen-bond acceptors (Lipinski definition) is 4. The van der Waals surface area contributed by atoms with Gasteiger partial charge in [-0.15, -0.1) is 0 Å². The molecule has 0 aliphatic carbocycles. The number of hydrogen-bond donors (Lipinski definition) is 1. The van der Waals surface area contributed by atoms with Crippen molar-refractivity contribution in [3.63, 3.8) is 0 Å². The van der Waals surface area contributed by atoms with Crippen molar-refractivity contribution in [3.8, 4) is 0 Å². The Morgan fingerprint density at radius 1 is 1.50 bits per heavy atom. The quantitative estimate of drug-likeness (QED) is 0.870. The first kappa shape index (κ1) is 14.5. The van der Waals surface area contributed by atoms with E-state index in [-0.39, 0.29) is 25.0 Å². The Balaban J connectivity index is 2.14. The summed E-state index contributed by atoms with van der Waals surface area (Å²) in [5.41, 5.74) is 1.32. The van der Waals surface area contributed by atoms with E-state index in [9.17, 15) is 9.59 Å². The Morgan fingerprint density at radius 2 is 2.20 bits per heavy atom. The minimum atomic E-state index is -1.05. The minimum Gasteiger partial charge on any atom is -0.479 e. The lowest BCUT2D eigenvalue weighted by Gasteiger charge is -2.30. The Labute approximate surface area is 117 Å². The highest BCUT2D eigenvalue weighted by Gasteiger charge is 2.30. The number of ether oxygens (including phenoxy) is 1. The van der Waals surface area contributed by atoms with Crippen LogP contribution >= 0.6 is 0 Å². The van der Waals surface area contributed by atoms with Crippen LogP contribution in [0.5, 0.6) is 0 Å². The first-order chi connectivity index (χ1) is 9.40. The van der Waals surface area contributed by atoms with E-state index in [2.05, 4.69) is 5.10 Å². The number of carboxylic acids is 1. The van der Waals surface area contributed by atoms with Gasteiger partial charge in [0, 0.05) is 19.3 Å². The second-order valence-corrected chi connectivity index (χ2v) is 5.18. The number of nitrogens with zero attached hydrogens (tertiary/aromatic N) is 3. The molecular weight excluding hydrogens is 262 g/mol. The Bertz CT molecular complexity index is 524. The topological polar surface area (TPSA) is 84.7 Å². The van der Waals surface area contributed by atoms with E-state index < -0.39 is 12.1 Å². The Kier molecular flexibility index (Phi) is 4.08. The van der Waals surface area contributed by atoms with Crippen molar-refractivity contribution in [2.75, 3.05) is 19.7 Å². The van der Waals surface area contributed by atoms with Crippen LogP contribution in [0.15, 0.2) is 6.07 Å². The number of rotatable bonds is 3. The van der Waals surface area contributed by atoms with Gasteiger partial charge in [-0.05, 0) is 12.0 Å². The van der Waals surface area contributed by atoms with Gasteiger partial charge in [0.25, 0.3) is 5.91 Å². The number of aliphatic carboxylic acids is 1. The van der Waals surface area contributed by atoms with Gasteiger partial charge in [-0.1, -0.05) is 13.8 Å².